The van der Waals surface area contributed by atoms with E-state index in [1.54, 1.807) is 0 Å². The Hall–Kier alpha value is -1.69. The highest BCUT2D eigenvalue weighted by atomic mass is 35.5. The molecule has 0 fully saturated rings. The second kappa shape index (κ2) is 5.97. The van der Waals surface area contributed by atoms with Gasteiger partial charge in [-0.1, -0.05) is 34.8 Å². The second-order valence-corrected chi connectivity index (χ2v) is 5.32. The van der Waals surface area contributed by atoms with E-state index in [0.29, 0.717) is 0 Å². The number of rotatable bonds is 3. The molecule has 2 aromatic carbocycles. The van der Waals surface area contributed by atoms with E-state index in [4.69, 9.17) is 45.6 Å². The number of nitrogen functional groups attached to an aromatic ring is 1. The molecule has 8 heteroatoms. The molecule has 0 aliphatic rings. The van der Waals surface area contributed by atoms with E-state index >= 15 is 0 Å². The first-order valence-corrected chi connectivity index (χ1v) is 6.67. The Morgan fingerprint density at radius 3 is 2.29 bits per heavy atom. The van der Waals surface area contributed by atoms with Crippen molar-refractivity contribution in [3.8, 4) is 0 Å². The lowest BCUT2D eigenvalue weighted by Gasteiger charge is -2.12. The third-order valence-corrected chi connectivity index (χ3v) is 3.68. The fourth-order valence-corrected chi connectivity index (χ4v) is 2.23. The highest BCUT2D eigenvalue weighted by molar-refractivity contribution is 6.44. The number of nitrogens with one attached hydrogen (secondary N) is 1. The van der Waals surface area contributed by atoms with Crippen LogP contribution in [-0.4, -0.2) is 11.1 Å². The minimum atomic E-state index is -1.27. The Bertz CT molecular complexity index is 738. The molecule has 0 saturated heterocycles. The molecule has 2 rings (SSSR count). The van der Waals surface area contributed by atoms with Crippen LogP contribution in [0.4, 0.5) is 21.5 Å². The lowest BCUT2D eigenvalue weighted by molar-refractivity contribution is 0.0698. The molecular formula is C13H8Cl3FN2O2. The Morgan fingerprint density at radius 1 is 1.05 bits per heavy atom. The first-order valence-electron chi connectivity index (χ1n) is 5.53. The molecular weight excluding hydrogens is 342 g/mol. The number of halogens is 4. The van der Waals surface area contributed by atoms with Crippen molar-refractivity contribution in [2.24, 2.45) is 0 Å². The first kappa shape index (κ1) is 15.7. The zero-order valence-electron chi connectivity index (χ0n) is 10.3. The molecule has 0 aliphatic carbocycles. The van der Waals surface area contributed by atoms with E-state index in [2.05, 4.69) is 5.32 Å². The average molecular weight is 350 g/mol. The monoisotopic (exact) mass is 348 g/mol. The zero-order valence-corrected chi connectivity index (χ0v) is 12.5. The maximum absolute atomic E-state index is 13.9. The van der Waals surface area contributed by atoms with Gasteiger partial charge in [-0.05, 0) is 24.3 Å². The molecule has 0 saturated carbocycles. The smallest absolute Gasteiger partial charge is 0.337 e. The molecule has 0 radical (unpaired) electrons. The van der Waals surface area contributed by atoms with Crippen LogP contribution in [0.1, 0.15) is 10.4 Å². The zero-order chi connectivity index (χ0) is 15.7. The van der Waals surface area contributed by atoms with Crippen molar-refractivity contribution in [3.63, 3.8) is 0 Å². The van der Waals surface area contributed by atoms with Gasteiger partial charge in [0, 0.05) is 5.69 Å². The number of aromatic carboxylic acids is 1. The lowest BCUT2D eigenvalue weighted by Crippen LogP contribution is -2.05. The Morgan fingerprint density at radius 2 is 1.67 bits per heavy atom. The molecule has 4 nitrogen and oxygen atoms in total. The summed E-state index contributed by atoms with van der Waals surface area (Å²) in [5, 5.41) is 12.3. The highest BCUT2D eigenvalue weighted by Gasteiger charge is 2.15. The van der Waals surface area contributed by atoms with Gasteiger partial charge in [-0.2, -0.15) is 0 Å². The van der Waals surface area contributed by atoms with Crippen LogP contribution < -0.4 is 11.1 Å². The van der Waals surface area contributed by atoms with Gasteiger partial charge in [0.2, 0.25) is 0 Å². The third-order valence-electron chi connectivity index (χ3n) is 2.65. The number of carboxylic acids is 1. The number of hydrogen-bond acceptors (Lipinski definition) is 3. The number of nitrogens with two attached hydrogens (primary N) is 1. The maximum Gasteiger partial charge on any atom is 0.337 e. The van der Waals surface area contributed by atoms with Gasteiger partial charge in [-0.15, -0.1) is 0 Å². The molecule has 0 spiro atoms. The Balaban J connectivity index is 2.47. The van der Waals surface area contributed by atoms with Crippen molar-refractivity contribution in [1.82, 2.24) is 0 Å². The van der Waals surface area contributed by atoms with Crippen molar-refractivity contribution in [1.29, 1.82) is 0 Å². The van der Waals surface area contributed by atoms with Crippen LogP contribution >= 0.6 is 34.8 Å². The minimum absolute atomic E-state index is 0.0955. The lowest BCUT2D eigenvalue weighted by atomic mass is 10.1. The average Bonchev–Trinajstić information content (AvgIpc) is 2.38. The molecule has 21 heavy (non-hydrogen) atoms. The number of anilines is 3. The van der Waals surface area contributed by atoms with Gasteiger partial charge in [0.15, 0.2) is 0 Å². The molecule has 0 aromatic heterocycles. The predicted octanol–water partition coefficient (Wildman–Crippen LogP) is 4.81. The van der Waals surface area contributed by atoms with Gasteiger partial charge in [0.05, 0.1) is 32.0 Å². The van der Waals surface area contributed by atoms with E-state index < -0.39 is 11.8 Å². The van der Waals surface area contributed by atoms with E-state index in [1.807, 2.05) is 0 Å². The molecule has 0 heterocycles. The topological polar surface area (TPSA) is 75.3 Å². The minimum Gasteiger partial charge on any atom is -0.478 e. The quantitative estimate of drug-likeness (QED) is 0.549. The summed E-state index contributed by atoms with van der Waals surface area (Å²) in [5.74, 6) is -1.99. The maximum atomic E-state index is 13.9. The summed E-state index contributed by atoms with van der Waals surface area (Å²) in [6, 6.07) is 4.78. The molecule has 0 bridgehead atoms. The van der Waals surface area contributed by atoms with Gasteiger partial charge in [0.1, 0.15) is 5.82 Å². The van der Waals surface area contributed by atoms with Crippen molar-refractivity contribution in [3.05, 3.63) is 50.7 Å². The summed E-state index contributed by atoms with van der Waals surface area (Å²) in [6.45, 7) is 0. The van der Waals surface area contributed by atoms with Gasteiger partial charge in [-0.3, -0.25) is 0 Å². The fourth-order valence-electron chi connectivity index (χ4n) is 1.63. The number of hydrogen-bond donors (Lipinski definition) is 3. The van der Waals surface area contributed by atoms with Crippen LogP contribution in [0, 0.1) is 5.82 Å². The van der Waals surface area contributed by atoms with E-state index in [9.17, 15) is 9.18 Å². The van der Waals surface area contributed by atoms with E-state index in [-0.39, 0.29) is 37.7 Å². The summed E-state index contributed by atoms with van der Waals surface area (Å²) < 4.78 is 13.9. The molecule has 4 N–H and O–H groups in total. The first-order chi connectivity index (χ1) is 9.79. The fraction of sp³-hybridized carbons (Fsp3) is 0. The van der Waals surface area contributed by atoms with Crippen LogP contribution in [0.5, 0.6) is 0 Å². The van der Waals surface area contributed by atoms with Gasteiger partial charge in [0.25, 0.3) is 0 Å². The molecule has 0 aliphatic heterocycles. The molecule has 0 atom stereocenters. The molecule has 2 aromatic rings. The standard InChI is InChI=1S/C13H8Cl3FN2O2/c14-6-2-8(16)11(3-7(6)15)19-12-1-5(13(20)21)10(18)4-9(12)17/h1-4,19H,18H2,(H,20,21). The van der Waals surface area contributed by atoms with Crippen LogP contribution in [0.15, 0.2) is 24.3 Å². The van der Waals surface area contributed by atoms with Gasteiger partial charge >= 0.3 is 5.97 Å². The van der Waals surface area contributed by atoms with Crippen molar-refractivity contribution < 1.29 is 14.3 Å². The van der Waals surface area contributed by atoms with Crippen LogP contribution in [0.3, 0.4) is 0 Å². The number of carboxylic acid groups (broad SMARTS) is 1. The molecule has 110 valence electrons. The van der Waals surface area contributed by atoms with Crippen molar-refractivity contribution >= 4 is 57.8 Å². The largest absolute Gasteiger partial charge is 0.478 e. The summed E-state index contributed by atoms with van der Waals surface area (Å²) in [7, 11) is 0. The summed E-state index contributed by atoms with van der Waals surface area (Å²) in [4.78, 5) is 11.0. The third kappa shape index (κ3) is 3.32. The second-order valence-electron chi connectivity index (χ2n) is 4.10. The van der Waals surface area contributed by atoms with Crippen LogP contribution in [-0.2, 0) is 0 Å². The van der Waals surface area contributed by atoms with Crippen LogP contribution in [0.25, 0.3) is 0 Å². The van der Waals surface area contributed by atoms with Crippen molar-refractivity contribution in [2.75, 3.05) is 11.1 Å². The number of benzene rings is 2. The van der Waals surface area contributed by atoms with E-state index in [0.717, 1.165) is 12.1 Å². The number of carbonyl (C=O) groups is 1. The summed E-state index contributed by atoms with van der Waals surface area (Å²) >= 11 is 17.6. The highest BCUT2D eigenvalue weighted by Crippen LogP contribution is 2.35. The van der Waals surface area contributed by atoms with Crippen LogP contribution in [0.2, 0.25) is 15.1 Å². The van der Waals surface area contributed by atoms with Crippen molar-refractivity contribution in [2.45, 2.75) is 0 Å². The molecule has 0 unspecified atom stereocenters. The summed E-state index contributed by atoms with van der Waals surface area (Å²) in [5.41, 5.74) is 5.23. The van der Waals surface area contributed by atoms with Gasteiger partial charge < -0.3 is 16.2 Å². The van der Waals surface area contributed by atoms with Gasteiger partial charge in [-0.25, -0.2) is 9.18 Å². The normalized spacial score (nSPS) is 10.5. The summed E-state index contributed by atoms with van der Waals surface area (Å²) in [6.07, 6.45) is 0. The molecule has 0 amide bonds. The SMILES string of the molecule is Nc1cc(F)c(Nc2cc(Cl)c(Cl)cc2Cl)cc1C(=O)O. The Kier molecular flexibility index (Phi) is 4.46. The van der Waals surface area contributed by atoms with E-state index in [1.165, 1.54) is 12.1 Å². The Labute approximate surface area is 134 Å². The predicted molar refractivity (Wildman–Crippen MR) is 82.5 cm³/mol.